The fraction of sp³-hybridized carbons (Fsp3) is 0.692. The summed E-state index contributed by atoms with van der Waals surface area (Å²) in [5.74, 6) is 0. The lowest BCUT2D eigenvalue weighted by Crippen LogP contribution is -2.21. The van der Waals surface area contributed by atoms with Crippen LogP contribution >= 0.6 is 23.6 Å². The molecular formula is C13H21N3S2. The highest BCUT2D eigenvalue weighted by atomic mass is 32.1. The minimum Gasteiger partial charge on any atom is -0.380 e. The number of aromatic nitrogens is 1. The van der Waals surface area contributed by atoms with Crippen molar-refractivity contribution >= 4 is 33.7 Å². The van der Waals surface area contributed by atoms with Crippen LogP contribution in [-0.2, 0) is 0 Å². The molecule has 0 spiro atoms. The van der Waals surface area contributed by atoms with Crippen LogP contribution in [0.1, 0.15) is 45.4 Å². The van der Waals surface area contributed by atoms with Crippen molar-refractivity contribution in [2.75, 3.05) is 11.9 Å². The fourth-order valence-corrected chi connectivity index (χ4v) is 2.88. The molecule has 1 aromatic heterocycles. The Morgan fingerprint density at radius 3 is 2.89 bits per heavy atom. The SMILES string of the molecule is CC(=S)NCCCCCC1(Nc2nccs2)CC1. The highest BCUT2D eigenvalue weighted by molar-refractivity contribution is 7.80. The van der Waals surface area contributed by atoms with E-state index in [2.05, 4.69) is 15.6 Å². The Hall–Kier alpha value is -0.680. The molecule has 0 radical (unpaired) electrons. The maximum Gasteiger partial charge on any atom is 0.183 e. The van der Waals surface area contributed by atoms with Crippen LogP contribution < -0.4 is 10.6 Å². The Morgan fingerprint density at radius 2 is 2.28 bits per heavy atom. The summed E-state index contributed by atoms with van der Waals surface area (Å²) in [5.41, 5.74) is 0.366. The molecule has 0 amide bonds. The summed E-state index contributed by atoms with van der Waals surface area (Å²) in [4.78, 5) is 5.20. The largest absolute Gasteiger partial charge is 0.380 e. The molecule has 3 nitrogen and oxygen atoms in total. The van der Waals surface area contributed by atoms with Gasteiger partial charge >= 0.3 is 0 Å². The lowest BCUT2D eigenvalue weighted by Gasteiger charge is -2.16. The molecular weight excluding hydrogens is 262 g/mol. The summed E-state index contributed by atoms with van der Waals surface area (Å²) >= 11 is 6.67. The minimum atomic E-state index is 0.366. The van der Waals surface area contributed by atoms with E-state index in [1.54, 1.807) is 11.3 Å². The van der Waals surface area contributed by atoms with Crippen molar-refractivity contribution in [3.8, 4) is 0 Å². The molecule has 0 saturated heterocycles. The number of hydrogen-bond acceptors (Lipinski definition) is 4. The first-order chi connectivity index (χ1) is 8.70. The van der Waals surface area contributed by atoms with E-state index >= 15 is 0 Å². The van der Waals surface area contributed by atoms with Gasteiger partial charge in [0.1, 0.15) is 0 Å². The average Bonchev–Trinajstić information content (AvgIpc) is 2.88. The zero-order valence-electron chi connectivity index (χ0n) is 10.9. The van der Waals surface area contributed by atoms with Crippen LogP contribution in [0.25, 0.3) is 0 Å². The van der Waals surface area contributed by atoms with Gasteiger partial charge in [-0.05, 0) is 32.6 Å². The van der Waals surface area contributed by atoms with Gasteiger partial charge in [0.15, 0.2) is 5.13 Å². The molecule has 100 valence electrons. The Balaban J connectivity index is 1.57. The highest BCUT2D eigenvalue weighted by Crippen LogP contribution is 2.43. The van der Waals surface area contributed by atoms with Crippen molar-refractivity contribution in [2.24, 2.45) is 0 Å². The molecule has 0 bridgehead atoms. The van der Waals surface area contributed by atoms with Gasteiger partial charge in [0.2, 0.25) is 0 Å². The molecule has 0 aliphatic heterocycles. The standard InChI is InChI=1S/C13H21N3S2/c1-11(17)14-8-4-2-3-5-13(6-7-13)16-12-15-9-10-18-12/h9-10H,2-8H2,1H3,(H,14,17)(H,15,16). The molecule has 1 saturated carbocycles. The number of anilines is 1. The maximum atomic E-state index is 4.98. The summed E-state index contributed by atoms with van der Waals surface area (Å²) in [7, 11) is 0. The quantitative estimate of drug-likeness (QED) is 0.565. The summed E-state index contributed by atoms with van der Waals surface area (Å²) in [5, 5.41) is 9.89. The molecule has 1 fully saturated rings. The lowest BCUT2D eigenvalue weighted by atomic mass is 10.1. The molecule has 0 unspecified atom stereocenters. The molecule has 1 aliphatic carbocycles. The van der Waals surface area contributed by atoms with Crippen LogP contribution in [0.15, 0.2) is 11.6 Å². The minimum absolute atomic E-state index is 0.366. The third kappa shape index (κ3) is 4.53. The Bertz CT molecular complexity index is 372. The van der Waals surface area contributed by atoms with E-state index in [9.17, 15) is 0 Å². The normalized spacial score (nSPS) is 16.3. The predicted octanol–water partition coefficient (Wildman–Crippen LogP) is 3.58. The Kier molecular flexibility index (Phi) is 4.95. The molecule has 1 aromatic rings. The zero-order valence-corrected chi connectivity index (χ0v) is 12.5. The van der Waals surface area contributed by atoms with Crippen LogP contribution in [0.5, 0.6) is 0 Å². The van der Waals surface area contributed by atoms with Crippen LogP contribution in [0.3, 0.4) is 0 Å². The Morgan fingerprint density at radius 1 is 1.44 bits per heavy atom. The second-order valence-electron chi connectivity index (χ2n) is 5.04. The summed E-state index contributed by atoms with van der Waals surface area (Å²) in [6.45, 7) is 2.95. The van der Waals surface area contributed by atoms with Gasteiger partial charge in [-0.1, -0.05) is 25.1 Å². The van der Waals surface area contributed by atoms with Crippen molar-refractivity contribution in [3.05, 3.63) is 11.6 Å². The van der Waals surface area contributed by atoms with E-state index in [1.165, 1.54) is 38.5 Å². The highest BCUT2D eigenvalue weighted by Gasteiger charge is 2.42. The second kappa shape index (κ2) is 6.48. The summed E-state index contributed by atoms with van der Waals surface area (Å²) < 4.78 is 0. The maximum absolute atomic E-state index is 4.98. The summed E-state index contributed by atoms with van der Waals surface area (Å²) in [6.07, 6.45) is 9.49. The van der Waals surface area contributed by atoms with E-state index in [0.717, 1.165) is 16.7 Å². The molecule has 2 N–H and O–H groups in total. The monoisotopic (exact) mass is 283 g/mol. The number of rotatable bonds is 8. The van der Waals surface area contributed by atoms with Crippen molar-refractivity contribution in [1.29, 1.82) is 0 Å². The van der Waals surface area contributed by atoms with E-state index in [-0.39, 0.29) is 0 Å². The van der Waals surface area contributed by atoms with Crippen molar-refractivity contribution < 1.29 is 0 Å². The summed E-state index contributed by atoms with van der Waals surface area (Å²) in [6, 6.07) is 0. The van der Waals surface area contributed by atoms with E-state index in [4.69, 9.17) is 12.2 Å². The molecule has 2 rings (SSSR count). The smallest absolute Gasteiger partial charge is 0.183 e. The molecule has 18 heavy (non-hydrogen) atoms. The van der Waals surface area contributed by atoms with Crippen LogP contribution in [0.4, 0.5) is 5.13 Å². The van der Waals surface area contributed by atoms with Gasteiger partial charge in [0.05, 0.1) is 4.99 Å². The van der Waals surface area contributed by atoms with Crippen molar-refractivity contribution in [1.82, 2.24) is 10.3 Å². The Labute approximate surface area is 118 Å². The molecule has 1 aliphatic rings. The van der Waals surface area contributed by atoms with Crippen LogP contribution in [0.2, 0.25) is 0 Å². The van der Waals surface area contributed by atoms with Crippen molar-refractivity contribution in [3.63, 3.8) is 0 Å². The van der Waals surface area contributed by atoms with Gasteiger partial charge in [0, 0.05) is 23.7 Å². The van der Waals surface area contributed by atoms with Gasteiger partial charge in [-0.25, -0.2) is 4.98 Å². The average molecular weight is 283 g/mol. The second-order valence-corrected chi connectivity index (χ2v) is 6.54. The first-order valence-electron chi connectivity index (χ1n) is 6.62. The van der Waals surface area contributed by atoms with Gasteiger partial charge in [-0.3, -0.25) is 0 Å². The molecule has 1 heterocycles. The molecule has 5 heteroatoms. The number of nitrogens with one attached hydrogen (secondary N) is 2. The first kappa shape index (κ1) is 13.7. The van der Waals surface area contributed by atoms with Gasteiger partial charge < -0.3 is 10.6 Å². The molecule has 0 aromatic carbocycles. The van der Waals surface area contributed by atoms with Crippen LogP contribution in [-0.4, -0.2) is 22.1 Å². The van der Waals surface area contributed by atoms with Crippen molar-refractivity contribution in [2.45, 2.75) is 51.0 Å². The fourth-order valence-electron chi connectivity index (χ4n) is 2.13. The number of unbranched alkanes of at least 4 members (excludes halogenated alkanes) is 2. The van der Waals surface area contributed by atoms with Gasteiger partial charge in [-0.2, -0.15) is 0 Å². The van der Waals surface area contributed by atoms with Gasteiger partial charge in [0.25, 0.3) is 0 Å². The third-order valence-electron chi connectivity index (χ3n) is 3.36. The number of thiocarbonyl (C=S) groups is 1. The van der Waals surface area contributed by atoms with E-state index in [0.29, 0.717) is 5.54 Å². The predicted molar refractivity (Wildman–Crippen MR) is 82.4 cm³/mol. The lowest BCUT2D eigenvalue weighted by molar-refractivity contribution is 0.566. The number of hydrogen-bond donors (Lipinski definition) is 2. The van der Waals surface area contributed by atoms with Gasteiger partial charge in [-0.15, -0.1) is 11.3 Å². The first-order valence-corrected chi connectivity index (χ1v) is 7.91. The third-order valence-corrected chi connectivity index (χ3v) is 4.20. The topological polar surface area (TPSA) is 37.0 Å². The number of thiazole rings is 1. The zero-order chi connectivity index (χ0) is 12.8. The van der Waals surface area contributed by atoms with E-state index < -0.39 is 0 Å². The number of nitrogens with zero attached hydrogens (tertiary/aromatic N) is 1. The van der Waals surface area contributed by atoms with E-state index in [1.807, 2.05) is 18.5 Å². The van der Waals surface area contributed by atoms with Crippen LogP contribution in [0, 0.1) is 0 Å². The molecule has 0 atom stereocenters.